The Kier molecular flexibility index (Phi) is 4.80. The summed E-state index contributed by atoms with van der Waals surface area (Å²) in [6, 6.07) is 7.14. The van der Waals surface area contributed by atoms with E-state index in [4.69, 9.17) is 10.5 Å². The number of anilines is 1. The lowest BCUT2D eigenvalue weighted by Crippen LogP contribution is -2.24. The van der Waals surface area contributed by atoms with Crippen LogP contribution in [0.1, 0.15) is 21.5 Å². The molecule has 2 rings (SSSR count). The third-order valence-corrected chi connectivity index (χ3v) is 3.57. The first kappa shape index (κ1) is 15.3. The monoisotopic (exact) mass is 349 g/mol. The van der Waals surface area contributed by atoms with Crippen LogP contribution in [0.15, 0.2) is 34.9 Å². The van der Waals surface area contributed by atoms with Crippen LogP contribution in [-0.4, -0.2) is 18.0 Å². The summed E-state index contributed by atoms with van der Waals surface area (Å²) in [4.78, 5) is 16.3. The lowest BCUT2D eigenvalue weighted by Gasteiger charge is -2.10. The zero-order chi connectivity index (χ0) is 15.4. The van der Waals surface area contributed by atoms with Gasteiger partial charge in [0.25, 0.3) is 5.91 Å². The minimum Gasteiger partial charge on any atom is -0.481 e. The molecule has 0 fully saturated rings. The number of ether oxygens (including phenoxy) is 1. The number of nitrogens with one attached hydrogen (secondary N) is 1. The Morgan fingerprint density at radius 2 is 2.19 bits per heavy atom. The van der Waals surface area contributed by atoms with Gasteiger partial charge in [-0.2, -0.15) is 0 Å². The Hall–Kier alpha value is -2.08. The van der Waals surface area contributed by atoms with Crippen molar-refractivity contribution in [3.05, 3.63) is 51.6 Å². The number of hydrogen-bond acceptors (Lipinski definition) is 4. The summed E-state index contributed by atoms with van der Waals surface area (Å²) in [6.45, 7) is 2.22. The molecule has 2 aromatic rings. The van der Waals surface area contributed by atoms with Gasteiger partial charge in [-0.1, -0.05) is 22.0 Å². The Bertz CT molecular complexity index is 657. The van der Waals surface area contributed by atoms with E-state index in [0.29, 0.717) is 23.7 Å². The molecule has 0 saturated heterocycles. The van der Waals surface area contributed by atoms with Gasteiger partial charge in [0.2, 0.25) is 5.88 Å². The van der Waals surface area contributed by atoms with E-state index >= 15 is 0 Å². The smallest absolute Gasteiger partial charge is 0.251 e. The number of carbonyl (C=O) groups excluding carboxylic acids is 1. The summed E-state index contributed by atoms with van der Waals surface area (Å²) in [6.07, 6.45) is 1.67. The third kappa shape index (κ3) is 3.72. The van der Waals surface area contributed by atoms with E-state index in [-0.39, 0.29) is 5.91 Å². The van der Waals surface area contributed by atoms with E-state index in [9.17, 15) is 4.79 Å². The average Bonchev–Trinajstić information content (AvgIpc) is 2.49. The molecule has 0 spiro atoms. The molecule has 6 heteroatoms. The molecular weight excluding hydrogens is 334 g/mol. The summed E-state index contributed by atoms with van der Waals surface area (Å²) < 4.78 is 5.77. The average molecular weight is 350 g/mol. The van der Waals surface area contributed by atoms with Gasteiger partial charge in [0.1, 0.15) is 0 Å². The minimum absolute atomic E-state index is 0.170. The van der Waals surface area contributed by atoms with Crippen molar-refractivity contribution in [2.45, 2.75) is 13.5 Å². The third-order valence-electron chi connectivity index (χ3n) is 3.12. The lowest BCUT2D eigenvalue weighted by molar-refractivity contribution is 0.0950. The molecule has 0 atom stereocenters. The fourth-order valence-electron chi connectivity index (χ4n) is 1.85. The Labute approximate surface area is 131 Å². The number of methoxy groups -OCH3 is 1. The van der Waals surface area contributed by atoms with Crippen molar-refractivity contribution < 1.29 is 9.53 Å². The molecule has 0 unspecified atom stereocenters. The van der Waals surface area contributed by atoms with E-state index in [2.05, 4.69) is 26.2 Å². The fraction of sp³-hybridized carbons (Fsp3) is 0.200. The van der Waals surface area contributed by atoms with E-state index in [1.165, 1.54) is 0 Å². The molecule has 0 aliphatic rings. The van der Waals surface area contributed by atoms with Crippen molar-refractivity contribution >= 4 is 27.5 Å². The van der Waals surface area contributed by atoms with Crippen LogP contribution in [0.4, 0.5) is 5.69 Å². The number of nitrogen functional groups attached to an aromatic ring is 1. The Morgan fingerprint density at radius 3 is 2.81 bits per heavy atom. The van der Waals surface area contributed by atoms with Crippen LogP contribution in [0.25, 0.3) is 0 Å². The molecule has 3 N–H and O–H groups in total. The molecule has 21 heavy (non-hydrogen) atoms. The number of benzene rings is 1. The first-order valence-corrected chi connectivity index (χ1v) is 7.13. The van der Waals surface area contributed by atoms with Crippen LogP contribution in [0.2, 0.25) is 0 Å². The predicted molar refractivity (Wildman–Crippen MR) is 85.3 cm³/mol. The van der Waals surface area contributed by atoms with E-state index < -0.39 is 0 Å². The number of hydrogen-bond donors (Lipinski definition) is 2. The van der Waals surface area contributed by atoms with Gasteiger partial charge in [0.15, 0.2) is 0 Å². The molecule has 1 heterocycles. The summed E-state index contributed by atoms with van der Waals surface area (Å²) in [5.41, 5.74) is 8.67. The van der Waals surface area contributed by atoms with Crippen molar-refractivity contribution in [1.29, 1.82) is 0 Å². The number of pyridine rings is 1. The number of nitrogens with two attached hydrogens (primary N) is 1. The Morgan fingerprint density at radius 1 is 1.43 bits per heavy atom. The maximum absolute atomic E-state index is 12.2. The summed E-state index contributed by atoms with van der Waals surface area (Å²) in [7, 11) is 1.56. The van der Waals surface area contributed by atoms with Crippen molar-refractivity contribution in [3.8, 4) is 5.88 Å². The maximum atomic E-state index is 12.2. The van der Waals surface area contributed by atoms with Gasteiger partial charge in [0.05, 0.1) is 7.11 Å². The van der Waals surface area contributed by atoms with E-state index in [1.807, 2.05) is 13.0 Å². The highest BCUT2D eigenvalue weighted by Gasteiger charge is 2.12. The molecule has 1 aromatic heterocycles. The largest absolute Gasteiger partial charge is 0.481 e. The molecule has 1 amide bonds. The highest BCUT2D eigenvalue weighted by Crippen LogP contribution is 2.22. The quantitative estimate of drug-likeness (QED) is 0.832. The summed E-state index contributed by atoms with van der Waals surface area (Å²) in [5.74, 6) is 0.372. The van der Waals surface area contributed by atoms with Gasteiger partial charge < -0.3 is 15.8 Å². The highest BCUT2D eigenvalue weighted by atomic mass is 79.9. The zero-order valence-corrected chi connectivity index (χ0v) is 13.4. The van der Waals surface area contributed by atoms with Crippen molar-refractivity contribution in [2.24, 2.45) is 0 Å². The van der Waals surface area contributed by atoms with Gasteiger partial charge in [-0.15, -0.1) is 0 Å². The van der Waals surface area contributed by atoms with Crippen LogP contribution in [-0.2, 0) is 6.54 Å². The van der Waals surface area contributed by atoms with Gasteiger partial charge in [-0.3, -0.25) is 4.79 Å². The molecular formula is C15H16BrN3O2. The van der Waals surface area contributed by atoms with Crippen molar-refractivity contribution in [2.75, 3.05) is 12.8 Å². The first-order valence-electron chi connectivity index (χ1n) is 6.34. The molecule has 0 aliphatic carbocycles. The molecule has 0 aliphatic heterocycles. The number of nitrogens with zero attached hydrogens (tertiary/aromatic N) is 1. The van der Waals surface area contributed by atoms with Crippen LogP contribution in [0.5, 0.6) is 5.88 Å². The number of rotatable bonds is 4. The minimum atomic E-state index is -0.170. The number of amides is 1. The highest BCUT2D eigenvalue weighted by molar-refractivity contribution is 9.10. The number of carbonyl (C=O) groups is 1. The van der Waals surface area contributed by atoms with E-state index in [0.717, 1.165) is 15.6 Å². The van der Waals surface area contributed by atoms with Gasteiger partial charge in [-0.05, 0) is 30.2 Å². The molecule has 5 nitrogen and oxygen atoms in total. The standard InChI is InChI=1S/C15H16BrN3O2/c1-9-12(5-11(16)6-13(9)17)15(20)19-8-10-3-4-14(21-2)18-7-10/h3-7H,8,17H2,1-2H3,(H,19,20). The Balaban J connectivity index is 2.08. The predicted octanol–water partition coefficient (Wildman–Crippen LogP) is 2.67. The molecule has 110 valence electrons. The van der Waals surface area contributed by atoms with Crippen LogP contribution in [0, 0.1) is 6.92 Å². The van der Waals surface area contributed by atoms with Gasteiger partial charge >= 0.3 is 0 Å². The second-order valence-electron chi connectivity index (χ2n) is 4.56. The fourth-order valence-corrected chi connectivity index (χ4v) is 2.33. The molecule has 0 radical (unpaired) electrons. The van der Waals surface area contributed by atoms with Gasteiger partial charge in [-0.25, -0.2) is 4.98 Å². The topological polar surface area (TPSA) is 77.2 Å². The number of aromatic nitrogens is 1. The SMILES string of the molecule is COc1ccc(CNC(=O)c2cc(Br)cc(N)c2C)cn1. The lowest BCUT2D eigenvalue weighted by atomic mass is 10.1. The maximum Gasteiger partial charge on any atom is 0.251 e. The summed E-state index contributed by atoms with van der Waals surface area (Å²) in [5, 5.41) is 2.85. The van der Waals surface area contributed by atoms with Crippen molar-refractivity contribution in [1.82, 2.24) is 10.3 Å². The second kappa shape index (κ2) is 6.58. The number of halogens is 1. The molecule has 0 bridgehead atoms. The zero-order valence-electron chi connectivity index (χ0n) is 11.8. The second-order valence-corrected chi connectivity index (χ2v) is 5.47. The van der Waals surface area contributed by atoms with Crippen LogP contribution < -0.4 is 15.8 Å². The van der Waals surface area contributed by atoms with E-state index in [1.54, 1.807) is 31.5 Å². The van der Waals surface area contributed by atoms with Crippen molar-refractivity contribution in [3.63, 3.8) is 0 Å². The normalized spacial score (nSPS) is 10.2. The molecule has 1 aromatic carbocycles. The molecule has 0 saturated carbocycles. The van der Waals surface area contributed by atoms with Crippen LogP contribution >= 0.6 is 15.9 Å². The summed E-state index contributed by atoms with van der Waals surface area (Å²) >= 11 is 3.34. The first-order chi connectivity index (χ1) is 10.0. The van der Waals surface area contributed by atoms with Gasteiger partial charge in [0, 0.05) is 34.5 Å². The van der Waals surface area contributed by atoms with Crippen LogP contribution in [0.3, 0.4) is 0 Å².